The van der Waals surface area contributed by atoms with Crippen LogP contribution in [0.25, 0.3) is 0 Å². The van der Waals surface area contributed by atoms with Crippen LogP contribution in [-0.2, 0) is 17.6 Å². The fourth-order valence-corrected chi connectivity index (χ4v) is 3.46. The molecule has 1 amide bonds. The molecule has 24 heavy (non-hydrogen) atoms. The molecule has 0 aliphatic heterocycles. The second-order valence-corrected chi connectivity index (χ2v) is 6.90. The van der Waals surface area contributed by atoms with Gasteiger partial charge in [-0.15, -0.1) is 0 Å². The van der Waals surface area contributed by atoms with E-state index in [9.17, 15) is 4.79 Å². The molecule has 0 radical (unpaired) electrons. The van der Waals surface area contributed by atoms with Gasteiger partial charge in [-0.3, -0.25) is 4.79 Å². The van der Waals surface area contributed by atoms with E-state index < -0.39 is 0 Å². The number of fused-ring (bicyclic) bond motifs is 1. The highest BCUT2D eigenvalue weighted by molar-refractivity contribution is 5.92. The number of carbonyl (C=O) groups excluding carboxylic acids is 1. The Bertz CT molecular complexity index is 694. The fraction of sp³-hybridized carbons (Fsp3) is 0.381. The van der Waals surface area contributed by atoms with E-state index in [1.54, 1.807) is 0 Å². The molecular formula is C21H26N2O. The largest absolute Gasteiger partial charge is 0.325 e. The molecule has 3 heteroatoms. The molecule has 1 aliphatic rings. The summed E-state index contributed by atoms with van der Waals surface area (Å²) in [6, 6.07) is 16.8. The summed E-state index contributed by atoms with van der Waals surface area (Å²) < 4.78 is 0. The molecule has 0 unspecified atom stereocenters. The third-order valence-corrected chi connectivity index (χ3v) is 4.69. The average molecular weight is 322 g/mol. The summed E-state index contributed by atoms with van der Waals surface area (Å²) in [5, 5.41) is 6.41. The highest BCUT2D eigenvalue weighted by Gasteiger charge is 2.17. The maximum atomic E-state index is 12.3. The molecule has 0 spiro atoms. The molecular weight excluding hydrogens is 296 g/mol. The van der Waals surface area contributed by atoms with Gasteiger partial charge in [-0.2, -0.15) is 0 Å². The highest BCUT2D eigenvalue weighted by atomic mass is 16.1. The molecule has 3 rings (SSSR count). The van der Waals surface area contributed by atoms with E-state index in [-0.39, 0.29) is 11.9 Å². The first-order valence-corrected chi connectivity index (χ1v) is 8.83. The van der Waals surface area contributed by atoms with Gasteiger partial charge in [-0.25, -0.2) is 0 Å². The Hall–Kier alpha value is -2.13. The summed E-state index contributed by atoms with van der Waals surface area (Å²) >= 11 is 0. The first-order chi connectivity index (χ1) is 11.6. The molecule has 0 fully saturated rings. The Labute approximate surface area is 144 Å². The number of nitrogens with one attached hydrogen (secondary N) is 2. The quantitative estimate of drug-likeness (QED) is 0.840. The fourth-order valence-electron chi connectivity index (χ4n) is 3.46. The number of benzene rings is 2. The third-order valence-electron chi connectivity index (χ3n) is 4.69. The zero-order valence-corrected chi connectivity index (χ0v) is 14.5. The van der Waals surface area contributed by atoms with E-state index >= 15 is 0 Å². The number of hydrogen-bond donors (Lipinski definition) is 2. The zero-order valence-electron chi connectivity index (χ0n) is 14.5. The van der Waals surface area contributed by atoms with Crippen LogP contribution < -0.4 is 10.6 Å². The van der Waals surface area contributed by atoms with Crippen LogP contribution in [0.15, 0.2) is 48.5 Å². The number of amides is 1. The minimum atomic E-state index is 0.00882. The monoisotopic (exact) mass is 322 g/mol. The normalized spacial score (nSPS) is 14.5. The van der Waals surface area contributed by atoms with Crippen molar-refractivity contribution in [3.8, 4) is 0 Å². The van der Waals surface area contributed by atoms with Crippen LogP contribution >= 0.6 is 0 Å². The molecule has 0 saturated carbocycles. The van der Waals surface area contributed by atoms with Gasteiger partial charge in [0.25, 0.3) is 0 Å². The molecule has 0 saturated heterocycles. The first kappa shape index (κ1) is 16.7. The molecule has 1 aliphatic carbocycles. The van der Waals surface area contributed by atoms with Gasteiger partial charge in [-0.1, -0.05) is 50.2 Å². The molecule has 2 aromatic rings. The second-order valence-electron chi connectivity index (χ2n) is 6.90. The van der Waals surface area contributed by atoms with E-state index in [1.165, 1.54) is 23.1 Å². The van der Waals surface area contributed by atoms with Crippen LogP contribution in [0, 0.1) is 5.92 Å². The molecule has 1 atom stereocenters. The van der Waals surface area contributed by atoms with Crippen molar-refractivity contribution in [2.75, 3.05) is 11.9 Å². The summed E-state index contributed by atoms with van der Waals surface area (Å²) in [6.07, 6.45) is 3.51. The third kappa shape index (κ3) is 4.04. The lowest BCUT2D eigenvalue weighted by molar-refractivity contribution is -0.115. The van der Waals surface area contributed by atoms with E-state index in [0.717, 1.165) is 18.5 Å². The van der Waals surface area contributed by atoms with E-state index in [2.05, 4.69) is 48.7 Å². The van der Waals surface area contributed by atoms with Gasteiger partial charge < -0.3 is 10.6 Å². The summed E-state index contributed by atoms with van der Waals surface area (Å²) in [6.45, 7) is 4.65. The van der Waals surface area contributed by atoms with E-state index in [1.807, 2.05) is 24.3 Å². The maximum absolute atomic E-state index is 12.3. The van der Waals surface area contributed by atoms with Crippen LogP contribution in [0.3, 0.4) is 0 Å². The molecule has 2 N–H and O–H groups in total. The van der Waals surface area contributed by atoms with Crippen molar-refractivity contribution in [2.24, 2.45) is 5.92 Å². The Morgan fingerprint density at radius 1 is 1.04 bits per heavy atom. The van der Waals surface area contributed by atoms with Gasteiger partial charge in [0.15, 0.2) is 0 Å². The Morgan fingerprint density at radius 2 is 1.79 bits per heavy atom. The maximum Gasteiger partial charge on any atom is 0.238 e. The van der Waals surface area contributed by atoms with Crippen molar-refractivity contribution in [1.29, 1.82) is 0 Å². The first-order valence-electron chi connectivity index (χ1n) is 8.83. The molecule has 0 aromatic heterocycles. The van der Waals surface area contributed by atoms with Crippen LogP contribution in [-0.4, -0.2) is 12.5 Å². The van der Waals surface area contributed by atoms with Gasteiger partial charge in [0.2, 0.25) is 5.91 Å². The lowest BCUT2D eigenvalue weighted by Gasteiger charge is -2.22. The Balaban J connectivity index is 1.58. The highest BCUT2D eigenvalue weighted by Crippen LogP contribution is 2.25. The number of aryl methyl sites for hydroxylation is 2. The predicted molar refractivity (Wildman–Crippen MR) is 99.1 cm³/mol. The van der Waals surface area contributed by atoms with Gasteiger partial charge >= 0.3 is 0 Å². The lowest BCUT2D eigenvalue weighted by Crippen LogP contribution is -2.33. The Kier molecular flexibility index (Phi) is 5.31. The topological polar surface area (TPSA) is 41.1 Å². The number of rotatable bonds is 6. The molecule has 2 aromatic carbocycles. The van der Waals surface area contributed by atoms with Gasteiger partial charge in [0.05, 0.1) is 6.54 Å². The van der Waals surface area contributed by atoms with Crippen LogP contribution in [0.5, 0.6) is 0 Å². The van der Waals surface area contributed by atoms with Gasteiger partial charge in [-0.05, 0) is 54.0 Å². The molecule has 3 nitrogen and oxygen atoms in total. The summed E-state index contributed by atoms with van der Waals surface area (Å²) in [7, 11) is 0. The predicted octanol–water partition coefficient (Wildman–Crippen LogP) is 4.10. The van der Waals surface area contributed by atoms with Crippen molar-refractivity contribution in [3.63, 3.8) is 0 Å². The van der Waals surface area contributed by atoms with Crippen molar-refractivity contribution in [1.82, 2.24) is 5.32 Å². The van der Waals surface area contributed by atoms with E-state index in [0.29, 0.717) is 12.5 Å². The minimum Gasteiger partial charge on any atom is -0.325 e. The molecule has 0 bridgehead atoms. The average Bonchev–Trinajstić information content (AvgIpc) is 3.03. The minimum absolute atomic E-state index is 0.00882. The summed E-state index contributed by atoms with van der Waals surface area (Å²) in [4.78, 5) is 12.3. The standard InChI is InChI=1S/C21H26N2O/c1-15(2)21(17-7-4-3-5-8-17)22-14-20(24)23-19-12-11-16-9-6-10-18(16)13-19/h3-5,7-8,11-13,15,21-22H,6,9-10,14H2,1-2H3,(H,23,24)/t21-/m1/s1. The number of carbonyl (C=O) groups is 1. The zero-order chi connectivity index (χ0) is 16.9. The van der Waals surface area contributed by atoms with E-state index in [4.69, 9.17) is 0 Å². The number of hydrogen-bond acceptors (Lipinski definition) is 2. The van der Waals surface area contributed by atoms with Gasteiger partial charge in [0, 0.05) is 11.7 Å². The van der Waals surface area contributed by atoms with Crippen LogP contribution in [0.4, 0.5) is 5.69 Å². The van der Waals surface area contributed by atoms with Crippen molar-refractivity contribution < 1.29 is 4.79 Å². The molecule has 126 valence electrons. The summed E-state index contributed by atoms with van der Waals surface area (Å²) in [5.41, 5.74) is 4.93. The van der Waals surface area contributed by atoms with Crippen molar-refractivity contribution in [2.45, 2.75) is 39.2 Å². The smallest absolute Gasteiger partial charge is 0.238 e. The Morgan fingerprint density at radius 3 is 2.54 bits per heavy atom. The number of anilines is 1. The molecule has 0 heterocycles. The van der Waals surface area contributed by atoms with Crippen LogP contribution in [0.2, 0.25) is 0 Å². The second kappa shape index (κ2) is 7.63. The summed E-state index contributed by atoms with van der Waals surface area (Å²) in [5.74, 6) is 0.426. The SMILES string of the molecule is CC(C)[C@@H](NCC(=O)Nc1ccc2c(c1)CCC2)c1ccccc1. The lowest BCUT2D eigenvalue weighted by atomic mass is 9.96. The van der Waals surface area contributed by atoms with Crippen LogP contribution in [0.1, 0.15) is 43.0 Å². The van der Waals surface area contributed by atoms with Crippen molar-refractivity contribution in [3.05, 3.63) is 65.2 Å². The van der Waals surface area contributed by atoms with Gasteiger partial charge in [0.1, 0.15) is 0 Å². The van der Waals surface area contributed by atoms with Crippen molar-refractivity contribution >= 4 is 11.6 Å².